The van der Waals surface area contributed by atoms with Crippen LogP contribution in [0.25, 0.3) is 0 Å². The van der Waals surface area contributed by atoms with Gasteiger partial charge in [-0.2, -0.15) is 0 Å². The molecule has 1 fully saturated rings. The molecule has 0 radical (unpaired) electrons. The number of hydrogen-bond acceptors (Lipinski definition) is 2. The van der Waals surface area contributed by atoms with Crippen molar-refractivity contribution in [2.45, 2.75) is 19.8 Å². The molecule has 3 heteroatoms. The number of hydrazine groups is 1. The van der Waals surface area contributed by atoms with Gasteiger partial charge in [0.1, 0.15) is 0 Å². The molecule has 0 aromatic rings. The minimum Gasteiger partial charge on any atom is -0.289 e. The summed E-state index contributed by atoms with van der Waals surface area (Å²) in [6, 6.07) is 0. The molecule has 0 aliphatic carbocycles. The second-order valence-corrected chi connectivity index (χ2v) is 2.36. The first-order chi connectivity index (χ1) is 4.29. The van der Waals surface area contributed by atoms with Gasteiger partial charge in [-0.3, -0.25) is 10.2 Å². The van der Waals surface area contributed by atoms with Gasteiger partial charge in [0.15, 0.2) is 0 Å². The number of carbonyl (C=O) groups excluding carboxylic acids is 1. The van der Waals surface area contributed by atoms with Crippen LogP contribution < -0.4 is 5.43 Å². The summed E-state index contributed by atoms with van der Waals surface area (Å²) in [7, 11) is 0. The minimum atomic E-state index is 0.0388. The molecule has 9 heavy (non-hydrogen) atoms. The topological polar surface area (TPSA) is 32.3 Å². The Kier molecular flexibility index (Phi) is 2.05. The van der Waals surface area contributed by atoms with Gasteiger partial charge < -0.3 is 0 Å². The molecule has 1 aliphatic heterocycles. The SMILES string of the molecule is CC(=O)NN1CCCC1. The van der Waals surface area contributed by atoms with Crippen molar-refractivity contribution in [3.8, 4) is 0 Å². The van der Waals surface area contributed by atoms with Crippen LogP contribution in [-0.4, -0.2) is 24.0 Å². The van der Waals surface area contributed by atoms with Crippen molar-refractivity contribution in [1.29, 1.82) is 0 Å². The number of carbonyl (C=O) groups is 1. The van der Waals surface area contributed by atoms with Gasteiger partial charge in [-0.05, 0) is 12.8 Å². The van der Waals surface area contributed by atoms with Crippen LogP contribution in [0, 0.1) is 0 Å². The standard InChI is InChI=1S/C6H12N2O/c1-6(9)7-8-4-2-3-5-8/h2-5H2,1H3,(H,7,9). The smallest absolute Gasteiger partial charge is 0.231 e. The highest BCUT2D eigenvalue weighted by Crippen LogP contribution is 2.02. The average molecular weight is 128 g/mol. The van der Waals surface area contributed by atoms with Crippen molar-refractivity contribution >= 4 is 5.91 Å². The third-order valence-corrected chi connectivity index (χ3v) is 1.42. The molecule has 1 rings (SSSR count). The fourth-order valence-electron chi connectivity index (χ4n) is 1.05. The number of amides is 1. The van der Waals surface area contributed by atoms with Crippen LogP contribution >= 0.6 is 0 Å². The third kappa shape index (κ3) is 2.01. The van der Waals surface area contributed by atoms with E-state index in [1.165, 1.54) is 12.8 Å². The van der Waals surface area contributed by atoms with E-state index in [0.29, 0.717) is 0 Å². The van der Waals surface area contributed by atoms with Crippen LogP contribution in [0.2, 0.25) is 0 Å². The zero-order chi connectivity index (χ0) is 6.69. The van der Waals surface area contributed by atoms with Gasteiger partial charge in [0.05, 0.1) is 0 Å². The Labute approximate surface area is 55.0 Å². The Morgan fingerprint density at radius 2 is 2.00 bits per heavy atom. The van der Waals surface area contributed by atoms with Crippen molar-refractivity contribution in [2.24, 2.45) is 0 Å². The molecule has 0 saturated carbocycles. The van der Waals surface area contributed by atoms with E-state index < -0.39 is 0 Å². The van der Waals surface area contributed by atoms with Crippen LogP contribution in [0.4, 0.5) is 0 Å². The molecule has 0 aromatic heterocycles. The molecule has 1 aliphatic rings. The Morgan fingerprint density at radius 1 is 1.44 bits per heavy atom. The largest absolute Gasteiger partial charge is 0.289 e. The fraction of sp³-hybridized carbons (Fsp3) is 0.833. The Morgan fingerprint density at radius 3 is 2.44 bits per heavy atom. The van der Waals surface area contributed by atoms with Crippen LogP contribution in [0.3, 0.4) is 0 Å². The molecule has 0 spiro atoms. The molecule has 1 saturated heterocycles. The van der Waals surface area contributed by atoms with Gasteiger partial charge in [-0.15, -0.1) is 0 Å². The first-order valence-electron chi connectivity index (χ1n) is 3.31. The van der Waals surface area contributed by atoms with Gasteiger partial charge in [-0.25, -0.2) is 5.01 Å². The van der Waals surface area contributed by atoms with Gasteiger partial charge in [-0.1, -0.05) is 0 Å². The third-order valence-electron chi connectivity index (χ3n) is 1.42. The fourth-order valence-corrected chi connectivity index (χ4v) is 1.05. The Hall–Kier alpha value is -0.570. The molecule has 0 aromatic carbocycles. The normalized spacial score (nSPS) is 20.1. The van der Waals surface area contributed by atoms with E-state index >= 15 is 0 Å². The first-order valence-corrected chi connectivity index (χ1v) is 3.31. The molecule has 1 N–H and O–H groups in total. The lowest BCUT2D eigenvalue weighted by Crippen LogP contribution is -2.38. The first kappa shape index (κ1) is 6.55. The zero-order valence-corrected chi connectivity index (χ0v) is 5.68. The monoisotopic (exact) mass is 128 g/mol. The number of nitrogens with one attached hydrogen (secondary N) is 1. The van der Waals surface area contributed by atoms with Crippen molar-refractivity contribution in [1.82, 2.24) is 10.4 Å². The van der Waals surface area contributed by atoms with E-state index in [1.807, 2.05) is 5.01 Å². The predicted molar refractivity (Wildman–Crippen MR) is 34.6 cm³/mol. The second-order valence-electron chi connectivity index (χ2n) is 2.36. The molecule has 3 nitrogen and oxygen atoms in total. The molecule has 0 bridgehead atoms. The van der Waals surface area contributed by atoms with Crippen molar-refractivity contribution < 1.29 is 4.79 Å². The maximum atomic E-state index is 10.4. The van der Waals surface area contributed by atoms with E-state index in [0.717, 1.165) is 13.1 Å². The molecule has 0 unspecified atom stereocenters. The number of nitrogens with zero attached hydrogens (tertiary/aromatic N) is 1. The maximum absolute atomic E-state index is 10.4. The van der Waals surface area contributed by atoms with E-state index in [4.69, 9.17) is 0 Å². The van der Waals surface area contributed by atoms with Crippen LogP contribution in [0.5, 0.6) is 0 Å². The molecule has 1 amide bonds. The zero-order valence-electron chi connectivity index (χ0n) is 5.68. The van der Waals surface area contributed by atoms with Crippen LogP contribution in [0.15, 0.2) is 0 Å². The highest BCUT2D eigenvalue weighted by atomic mass is 16.2. The second kappa shape index (κ2) is 2.82. The van der Waals surface area contributed by atoms with E-state index in [-0.39, 0.29) is 5.91 Å². The van der Waals surface area contributed by atoms with Crippen molar-refractivity contribution in [3.63, 3.8) is 0 Å². The lowest BCUT2D eigenvalue weighted by molar-refractivity contribution is -0.123. The lowest BCUT2D eigenvalue weighted by Gasteiger charge is -2.13. The van der Waals surface area contributed by atoms with E-state index in [9.17, 15) is 4.79 Å². The van der Waals surface area contributed by atoms with E-state index in [2.05, 4.69) is 5.43 Å². The highest BCUT2D eigenvalue weighted by molar-refractivity contribution is 5.72. The number of hydrogen-bond donors (Lipinski definition) is 1. The van der Waals surface area contributed by atoms with Crippen LogP contribution in [0.1, 0.15) is 19.8 Å². The van der Waals surface area contributed by atoms with E-state index in [1.54, 1.807) is 6.92 Å². The average Bonchev–Trinajstić information content (AvgIpc) is 2.15. The van der Waals surface area contributed by atoms with Gasteiger partial charge in [0.2, 0.25) is 5.91 Å². The van der Waals surface area contributed by atoms with Gasteiger partial charge in [0.25, 0.3) is 0 Å². The maximum Gasteiger partial charge on any atom is 0.231 e. The van der Waals surface area contributed by atoms with Crippen LogP contribution in [-0.2, 0) is 4.79 Å². The Bertz CT molecular complexity index is 108. The predicted octanol–water partition coefficient (Wildman–Crippen LogP) is 0.133. The summed E-state index contributed by atoms with van der Waals surface area (Å²) in [5.74, 6) is 0.0388. The quantitative estimate of drug-likeness (QED) is 0.544. The molecular formula is C6H12N2O. The molecular weight excluding hydrogens is 116 g/mol. The summed E-state index contributed by atoms with van der Waals surface area (Å²) >= 11 is 0. The summed E-state index contributed by atoms with van der Waals surface area (Å²) < 4.78 is 0. The Balaban J connectivity index is 2.19. The summed E-state index contributed by atoms with van der Waals surface area (Å²) in [4.78, 5) is 10.4. The van der Waals surface area contributed by atoms with Crippen molar-refractivity contribution in [2.75, 3.05) is 13.1 Å². The van der Waals surface area contributed by atoms with Crippen molar-refractivity contribution in [3.05, 3.63) is 0 Å². The highest BCUT2D eigenvalue weighted by Gasteiger charge is 2.10. The summed E-state index contributed by atoms with van der Waals surface area (Å²) in [5, 5.41) is 1.96. The van der Waals surface area contributed by atoms with Gasteiger partial charge >= 0.3 is 0 Å². The summed E-state index contributed by atoms with van der Waals surface area (Å²) in [6.07, 6.45) is 2.42. The lowest BCUT2D eigenvalue weighted by atomic mass is 10.4. The molecule has 1 heterocycles. The minimum absolute atomic E-state index is 0.0388. The number of rotatable bonds is 1. The van der Waals surface area contributed by atoms with Gasteiger partial charge in [0, 0.05) is 20.0 Å². The molecule has 52 valence electrons. The summed E-state index contributed by atoms with van der Waals surface area (Å²) in [5.41, 5.74) is 2.74. The summed E-state index contributed by atoms with van der Waals surface area (Å²) in [6.45, 7) is 3.57. The molecule has 0 atom stereocenters.